The van der Waals surface area contributed by atoms with Crippen LogP contribution in [0.1, 0.15) is 40.2 Å². The molecule has 1 N–H and O–H groups in total. The van der Waals surface area contributed by atoms with E-state index in [1.807, 2.05) is 0 Å². The number of benzene rings is 3. The van der Waals surface area contributed by atoms with E-state index in [0.717, 1.165) is 16.4 Å². The molecular formula is C30H34Cl2FN3O5S. The summed E-state index contributed by atoms with van der Waals surface area (Å²) in [5, 5.41) is 3.41. The Balaban J connectivity index is 2.06. The van der Waals surface area contributed by atoms with Gasteiger partial charge in [-0.15, -0.1) is 0 Å². The summed E-state index contributed by atoms with van der Waals surface area (Å²) in [6.07, 6.45) is 0. The molecule has 0 fully saturated rings. The number of ether oxygens (including phenoxy) is 1. The van der Waals surface area contributed by atoms with E-state index in [1.165, 1.54) is 48.2 Å². The van der Waals surface area contributed by atoms with E-state index in [4.69, 9.17) is 27.9 Å². The summed E-state index contributed by atoms with van der Waals surface area (Å²) in [6.45, 7) is 8.27. The first-order valence-electron chi connectivity index (χ1n) is 13.2. The molecule has 0 aliphatic rings. The Morgan fingerprint density at radius 1 is 0.976 bits per heavy atom. The van der Waals surface area contributed by atoms with Crippen LogP contribution in [0.2, 0.25) is 10.0 Å². The minimum atomic E-state index is -4.34. The van der Waals surface area contributed by atoms with Crippen LogP contribution in [-0.4, -0.2) is 49.9 Å². The zero-order valence-corrected chi connectivity index (χ0v) is 26.4. The molecule has 0 spiro atoms. The molecule has 0 saturated carbocycles. The fourth-order valence-corrected chi connectivity index (χ4v) is 5.98. The Morgan fingerprint density at radius 2 is 1.55 bits per heavy atom. The van der Waals surface area contributed by atoms with E-state index in [0.29, 0.717) is 17.9 Å². The SMILES string of the molecule is CCOc1ccc(S(=O)(=O)N(CC(=O)N(Cc2c(Cl)cccc2Cl)C(C)C(=O)NC(C)(C)C)c2ccc(F)cc2)cc1. The molecule has 226 valence electrons. The van der Waals surface area contributed by atoms with Crippen LogP contribution < -0.4 is 14.4 Å². The maximum absolute atomic E-state index is 14.0. The van der Waals surface area contributed by atoms with Crippen molar-refractivity contribution in [3.05, 3.63) is 88.2 Å². The van der Waals surface area contributed by atoms with Gasteiger partial charge in [0.05, 0.1) is 17.2 Å². The third kappa shape index (κ3) is 8.36. The van der Waals surface area contributed by atoms with E-state index in [9.17, 15) is 22.4 Å². The number of rotatable bonds is 11. The number of halogens is 3. The Hall–Kier alpha value is -3.34. The van der Waals surface area contributed by atoms with E-state index in [-0.39, 0.29) is 27.2 Å². The summed E-state index contributed by atoms with van der Waals surface area (Å²) in [5.41, 5.74) is -0.146. The molecule has 3 aromatic rings. The number of hydrogen-bond donors (Lipinski definition) is 1. The van der Waals surface area contributed by atoms with Crippen molar-refractivity contribution in [1.82, 2.24) is 10.2 Å². The maximum Gasteiger partial charge on any atom is 0.264 e. The molecule has 0 bridgehead atoms. The standard InChI is InChI=1S/C30H34Cl2FN3O5S/c1-6-41-23-14-16-24(17-15-23)42(39,40)36(22-12-10-21(33)11-13-22)19-28(37)35(20(2)29(38)34-30(3,4)5)18-25-26(31)8-7-9-27(25)32/h7-17,20H,6,18-19H2,1-5H3,(H,34,38). The van der Waals surface area contributed by atoms with Crippen molar-refractivity contribution in [3.63, 3.8) is 0 Å². The van der Waals surface area contributed by atoms with Crippen molar-refractivity contribution in [2.75, 3.05) is 17.5 Å². The molecule has 0 aromatic heterocycles. The summed E-state index contributed by atoms with van der Waals surface area (Å²) in [4.78, 5) is 28.3. The van der Waals surface area contributed by atoms with E-state index in [1.54, 1.807) is 45.9 Å². The summed E-state index contributed by atoms with van der Waals surface area (Å²) >= 11 is 12.8. The van der Waals surface area contributed by atoms with E-state index >= 15 is 0 Å². The Morgan fingerprint density at radius 3 is 2.07 bits per heavy atom. The van der Waals surface area contributed by atoms with Crippen LogP contribution in [0, 0.1) is 5.82 Å². The molecule has 1 unspecified atom stereocenters. The quantitative estimate of drug-likeness (QED) is 0.276. The van der Waals surface area contributed by atoms with Gasteiger partial charge in [0.15, 0.2) is 0 Å². The van der Waals surface area contributed by atoms with E-state index < -0.39 is 45.8 Å². The van der Waals surface area contributed by atoms with Gasteiger partial charge < -0.3 is 15.0 Å². The highest BCUT2D eigenvalue weighted by Crippen LogP contribution is 2.29. The van der Waals surface area contributed by atoms with Crippen LogP contribution in [0.15, 0.2) is 71.6 Å². The number of carbonyl (C=O) groups is 2. The van der Waals surface area contributed by atoms with Gasteiger partial charge in [-0.3, -0.25) is 13.9 Å². The van der Waals surface area contributed by atoms with Gasteiger partial charge >= 0.3 is 0 Å². The number of carbonyl (C=O) groups excluding carboxylic acids is 2. The highest BCUT2D eigenvalue weighted by molar-refractivity contribution is 7.92. The average Bonchev–Trinajstić information content (AvgIpc) is 2.91. The van der Waals surface area contributed by atoms with Gasteiger partial charge in [0.25, 0.3) is 10.0 Å². The molecule has 2 amide bonds. The molecule has 0 heterocycles. The normalized spacial score (nSPS) is 12.4. The summed E-state index contributed by atoms with van der Waals surface area (Å²) in [7, 11) is -4.34. The highest BCUT2D eigenvalue weighted by atomic mass is 35.5. The lowest BCUT2D eigenvalue weighted by Crippen LogP contribution is -2.54. The molecule has 12 heteroatoms. The Bertz CT molecular complexity index is 1490. The minimum absolute atomic E-state index is 0.0566. The van der Waals surface area contributed by atoms with Crippen LogP contribution in [0.3, 0.4) is 0 Å². The van der Waals surface area contributed by atoms with Crippen molar-refractivity contribution in [2.45, 2.75) is 57.6 Å². The smallest absolute Gasteiger partial charge is 0.264 e. The first kappa shape index (κ1) is 33.2. The number of nitrogens with zero attached hydrogens (tertiary/aromatic N) is 2. The van der Waals surface area contributed by atoms with Crippen LogP contribution in [0.4, 0.5) is 10.1 Å². The van der Waals surface area contributed by atoms with Crippen LogP contribution >= 0.6 is 23.2 Å². The third-order valence-corrected chi connectivity index (χ3v) is 8.67. The molecule has 8 nitrogen and oxygen atoms in total. The Kier molecular flexibility index (Phi) is 10.9. The van der Waals surface area contributed by atoms with Gasteiger partial charge in [-0.1, -0.05) is 29.3 Å². The molecule has 1 atom stereocenters. The summed E-state index contributed by atoms with van der Waals surface area (Å²) in [5.74, 6) is -1.27. The molecule has 3 aromatic carbocycles. The molecular weight excluding hydrogens is 604 g/mol. The number of anilines is 1. The lowest BCUT2D eigenvalue weighted by Gasteiger charge is -2.33. The third-order valence-electron chi connectivity index (χ3n) is 6.17. The maximum atomic E-state index is 14.0. The van der Waals surface area contributed by atoms with Crippen LogP contribution in [0.5, 0.6) is 5.75 Å². The monoisotopic (exact) mass is 637 g/mol. The first-order chi connectivity index (χ1) is 19.6. The summed E-state index contributed by atoms with van der Waals surface area (Å²) in [6, 6.07) is 14.3. The van der Waals surface area contributed by atoms with Gasteiger partial charge in [-0.25, -0.2) is 12.8 Å². The average molecular weight is 639 g/mol. The van der Waals surface area contributed by atoms with Crippen molar-refractivity contribution < 1.29 is 27.1 Å². The number of nitrogens with one attached hydrogen (secondary N) is 1. The molecule has 3 rings (SSSR count). The second-order valence-corrected chi connectivity index (χ2v) is 13.2. The van der Waals surface area contributed by atoms with Gasteiger partial charge in [-0.05, 0) is 95.3 Å². The zero-order valence-electron chi connectivity index (χ0n) is 24.0. The van der Waals surface area contributed by atoms with Crippen LogP contribution in [-0.2, 0) is 26.2 Å². The predicted octanol–water partition coefficient (Wildman–Crippen LogP) is 6.06. The van der Waals surface area contributed by atoms with Crippen molar-refractivity contribution in [1.29, 1.82) is 0 Å². The van der Waals surface area contributed by atoms with Gasteiger partial charge in [-0.2, -0.15) is 0 Å². The molecule has 0 aliphatic carbocycles. The predicted molar refractivity (Wildman–Crippen MR) is 163 cm³/mol. The van der Waals surface area contributed by atoms with E-state index in [2.05, 4.69) is 5.32 Å². The van der Waals surface area contributed by atoms with Gasteiger partial charge in [0.2, 0.25) is 11.8 Å². The lowest BCUT2D eigenvalue weighted by molar-refractivity contribution is -0.140. The minimum Gasteiger partial charge on any atom is -0.494 e. The number of sulfonamides is 1. The summed E-state index contributed by atoms with van der Waals surface area (Å²) < 4.78 is 47.9. The first-order valence-corrected chi connectivity index (χ1v) is 15.4. The number of hydrogen-bond acceptors (Lipinski definition) is 5. The largest absolute Gasteiger partial charge is 0.494 e. The lowest BCUT2D eigenvalue weighted by atomic mass is 10.1. The van der Waals surface area contributed by atoms with Crippen molar-refractivity contribution in [3.8, 4) is 5.75 Å². The fourth-order valence-electron chi connectivity index (χ4n) is 4.05. The molecule has 0 radical (unpaired) electrons. The topological polar surface area (TPSA) is 96.0 Å². The van der Waals surface area contributed by atoms with Crippen molar-refractivity contribution in [2.24, 2.45) is 0 Å². The second kappa shape index (κ2) is 13.8. The van der Waals surface area contributed by atoms with Gasteiger partial charge in [0.1, 0.15) is 24.2 Å². The number of amides is 2. The second-order valence-electron chi connectivity index (χ2n) is 10.5. The molecule has 0 saturated heterocycles. The fraction of sp³-hybridized carbons (Fsp3) is 0.333. The molecule has 0 aliphatic heterocycles. The van der Waals surface area contributed by atoms with Crippen molar-refractivity contribution >= 4 is 50.7 Å². The molecule has 42 heavy (non-hydrogen) atoms. The highest BCUT2D eigenvalue weighted by Gasteiger charge is 2.34. The van der Waals surface area contributed by atoms with Gasteiger partial charge in [0, 0.05) is 27.7 Å². The Labute approximate surface area is 256 Å². The van der Waals surface area contributed by atoms with Crippen LogP contribution in [0.25, 0.3) is 0 Å². The zero-order chi connectivity index (χ0) is 31.2.